The van der Waals surface area contributed by atoms with Crippen LogP contribution in [0.4, 0.5) is 0 Å². The minimum atomic E-state index is 0.656. The molecule has 92 valence electrons. The zero-order chi connectivity index (χ0) is 12.4. The molecule has 2 aromatic heterocycles. The molecule has 0 amide bonds. The molecule has 1 aromatic carbocycles. The summed E-state index contributed by atoms with van der Waals surface area (Å²) in [5, 5.41) is 1.29. The lowest BCUT2D eigenvalue weighted by atomic mass is 10.2. The Labute approximate surface area is 106 Å². The monoisotopic (exact) mass is 240 g/mol. The second-order valence-electron chi connectivity index (χ2n) is 4.39. The molecule has 0 fully saturated rings. The summed E-state index contributed by atoms with van der Waals surface area (Å²) in [5.41, 5.74) is 8.21. The highest BCUT2D eigenvalue weighted by Gasteiger charge is 2.07. The van der Waals surface area contributed by atoms with Crippen molar-refractivity contribution in [2.24, 2.45) is 5.73 Å². The fraction of sp³-hybridized carbons (Fsp3) is 0.214. The first-order valence-corrected chi connectivity index (χ1v) is 6.11. The first-order chi connectivity index (χ1) is 8.88. The van der Waals surface area contributed by atoms with E-state index in [4.69, 9.17) is 5.73 Å². The van der Waals surface area contributed by atoms with Gasteiger partial charge in [0.25, 0.3) is 0 Å². The number of imidazole rings is 1. The van der Waals surface area contributed by atoms with Gasteiger partial charge in [0.2, 0.25) is 0 Å². The largest absolute Gasteiger partial charge is 0.346 e. The Hall–Kier alpha value is -2.07. The highest BCUT2D eigenvalue weighted by atomic mass is 15.0. The number of aromatic nitrogens is 3. The fourth-order valence-corrected chi connectivity index (χ4v) is 2.35. The van der Waals surface area contributed by atoms with Crippen LogP contribution >= 0.6 is 0 Å². The average molecular weight is 240 g/mol. The number of rotatable bonds is 4. The summed E-state index contributed by atoms with van der Waals surface area (Å²) in [6.07, 6.45) is 7.82. The van der Waals surface area contributed by atoms with Gasteiger partial charge in [0.05, 0.1) is 12.9 Å². The highest BCUT2D eigenvalue weighted by Crippen LogP contribution is 2.21. The average Bonchev–Trinajstić information content (AvgIpc) is 3.00. The van der Waals surface area contributed by atoms with E-state index in [0.29, 0.717) is 6.54 Å². The van der Waals surface area contributed by atoms with Crippen molar-refractivity contribution in [2.45, 2.75) is 13.1 Å². The van der Waals surface area contributed by atoms with E-state index in [0.717, 1.165) is 13.1 Å². The molecule has 4 nitrogen and oxygen atoms in total. The molecule has 0 aliphatic heterocycles. The Morgan fingerprint density at radius 2 is 2.11 bits per heavy atom. The first kappa shape index (κ1) is 11.0. The quantitative estimate of drug-likeness (QED) is 0.756. The minimum Gasteiger partial charge on any atom is -0.346 e. The predicted molar refractivity (Wildman–Crippen MR) is 72.3 cm³/mol. The molecule has 0 bridgehead atoms. The molecule has 0 saturated carbocycles. The van der Waals surface area contributed by atoms with E-state index >= 15 is 0 Å². The number of hydrogen-bond acceptors (Lipinski definition) is 2. The number of fused-ring (bicyclic) bond motifs is 1. The van der Waals surface area contributed by atoms with Crippen LogP contribution < -0.4 is 5.73 Å². The van der Waals surface area contributed by atoms with Gasteiger partial charge in [0.15, 0.2) is 0 Å². The van der Waals surface area contributed by atoms with Gasteiger partial charge in [-0.3, -0.25) is 0 Å². The molecule has 18 heavy (non-hydrogen) atoms. The molecule has 0 aliphatic rings. The third kappa shape index (κ3) is 1.91. The standard InChI is InChI=1S/C14H16N4/c15-5-7-18-10-12(9-17-8-6-16-11-17)13-3-1-2-4-14(13)18/h1-4,6,8,10-11H,5,7,9,15H2. The molecule has 0 atom stereocenters. The smallest absolute Gasteiger partial charge is 0.0949 e. The molecule has 0 radical (unpaired) electrons. The number of para-hydroxylation sites is 1. The van der Waals surface area contributed by atoms with Crippen LogP contribution in [0.3, 0.4) is 0 Å². The molecule has 0 aliphatic carbocycles. The van der Waals surface area contributed by atoms with Crippen LogP contribution in [0.15, 0.2) is 49.2 Å². The van der Waals surface area contributed by atoms with E-state index in [9.17, 15) is 0 Å². The van der Waals surface area contributed by atoms with E-state index in [1.54, 1.807) is 6.20 Å². The van der Waals surface area contributed by atoms with Crippen molar-refractivity contribution in [1.29, 1.82) is 0 Å². The molecule has 0 saturated heterocycles. The van der Waals surface area contributed by atoms with E-state index in [-0.39, 0.29) is 0 Å². The zero-order valence-electron chi connectivity index (χ0n) is 10.2. The third-order valence-corrected chi connectivity index (χ3v) is 3.15. The second-order valence-corrected chi connectivity index (χ2v) is 4.39. The van der Waals surface area contributed by atoms with Crippen LogP contribution in [-0.4, -0.2) is 20.7 Å². The summed E-state index contributed by atoms with van der Waals surface area (Å²) in [5.74, 6) is 0. The van der Waals surface area contributed by atoms with Crippen LogP contribution in [0.25, 0.3) is 10.9 Å². The second kappa shape index (κ2) is 4.66. The Morgan fingerprint density at radius 1 is 1.22 bits per heavy atom. The van der Waals surface area contributed by atoms with E-state index in [2.05, 4.69) is 44.6 Å². The van der Waals surface area contributed by atoms with Gasteiger partial charge in [-0.1, -0.05) is 18.2 Å². The van der Waals surface area contributed by atoms with Crippen molar-refractivity contribution in [3.8, 4) is 0 Å². The van der Waals surface area contributed by atoms with Crippen molar-refractivity contribution >= 4 is 10.9 Å². The lowest BCUT2D eigenvalue weighted by molar-refractivity contribution is 0.725. The first-order valence-electron chi connectivity index (χ1n) is 6.11. The summed E-state index contributed by atoms with van der Waals surface area (Å²) in [6, 6.07) is 8.44. The fourth-order valence-electron chi connectivity index (χ4n) is 2.35. The molecular weight excluding hydrogens is 224 g/mol. The van der Waals surface area contributed by atoms with Gasteiger partial charge in [-0.05, 0) is 11.6 Å². The summed E-state index contributed by atoms with van der Waals surface area (Å²) in [4.78, 5) is 4.08. The van der Waals surface area contributed by atoms with E-state index in [1.807, 2.05) is 12.5 Å². The maximum Gasteiger partial charge on any atom is 0.0949 e. The number of nitrogens with zero attached hydrogens (tertiary/aromatic N) is 3. The molecule has 2 N–H and O–H groups in total. The maximum atomic E-state index is 5.66. The number of hydrogen-bond donors (Lipinski definition) is 1. The van der Waals surface area contributed by atoms with Crippen LogP contribution in [0.5, 0.6) is 0 Å². The van der Waals surface area contributed by atoms with Gasteiger partial charge < -0.3 is 14.9 Å². The minimum absolute atomic E-state index is 0.656. The number of benzene rings is 1. The Bertz CT molecular complexity index is 637. The maximum absolute atomic E-state index is 5.66. The number of nitrogens with two attached hydrogens (primary N) is 1. The van der Waals surface area contributed by atoms with Gasteiger partial charge in [-0.25, -0.2) is 4.98 Å². The van der Waals surface area contributed by atoms with Crippen molar-refractivity contribution in [1.82, 2.24) is 14.1 Å². The van der Waals surface area contributed by atoms with E-state index < -0.39 is 0 Å². The van der Waals surface area contributed by atoms with Gasteiger partial charge >= 0.3 is 0 Å². The molecule has 4 heteroatoms. The Balaban J connectivity index is 2.05. The predicted octanol–water partition coefficient (Wildman–Crippen LogP) is 1.84. The highest BCUT2D eigenvalue weighted by molar-refractivity contribution is 5.83. The van der Waals surface area contributed by atoms with Gasteiger partial charge in [-0.2, -0.15) is 0 Å². The van der Waals surface area contributed by atoms with Gasteiger partial charge in [0, 0.05) is 42.6 Å². The van der Waals surface area contributed by atoms with Crippen molar-refractivity contribution in [3.05, 3.63) is 54.7 Å². The summed E-state index contributed by atoms with van der Waals surface area (Å²) in [6.45, 7) is 2.35. The molecule has 3 rings (SSSR count). The van der Waals surface area contributed by atoms with Gasteiger partial charge in [-0.15, -0.1) is 0 Å². The molecular formula is C14H16N4. The normalized spacial score (nSPS) is 11.2. The lowest BCUT2D eigenvalue weighted by Crippen LogP contribution is -2.08. The van der Waals surface area contributed by atoms with Crippen molar-refractivity contribution in [3.63, 3.8) is 0 Å². The van der Waals surface area contributed by atoms with Crippen molar-refractivity contribution < 1.29 is 0 Å². The Kier molecular flexibility index (Phi) is 2.86. The topological polar surface area (TPSA) is 48.8 Å². The molecule has 0 unspecified atom stereocenters. The van der Waals surface area contributed by atoms with Gasteiger partial charge in [0.1, 0.15) is 0 Å². The van der Waals surface area contributed by atoms with Crippen LogP contribution in [-0.2, 0) is 13.1 Å². The Morgan fingerprint density at radius 3 is 2.89 bits per heavy atom. The zero-order valence-corrected chi connectivity index (χ0v) is 10.2. The summed E-state index contributed by atoms with van der Waals surface area (Å²) >= 11 is 0. The summed E-state index contributed by atoms with van der Waals surface area (Å²) in [7, 11) is 0. The SMILES string of the molecule is NCCn1cc(Cn2ccnc2)c2ccccc21. The third-order valence-electron chi connectivity index (χ3n) is 3.15. The van der Waals surface area contributed by atoms with E-state index in [1.165, 1.54) is 16.5 Å². The molecule has 3 aromatic rings. The molecule has 2 heterocycles. The molecule has 0 spiro atoms. The summed E-state index contributed by atoms with van der Waals surface area (Å²) < 4.78 is 4.30. The van der Waals surface area contributed by atoms with Crippen molar-refractivity contribution in [2.75, 3.05) is 6.54 Å². The van der Waals surface area contributed by atoms with Crippen LogP contribution in [0, 0.1) is 0 Å². The lowest BCUT2D eigenvalue weighted by Gasteiger charge is -2.01. The van der Waals surface area contributed by atoms with Crippen LogP contribution in [0.1, 0.15) is 5.56 Å². The van der Waals surface area contributed by atoms with Crippen LogP contribution in [0.2, 0.25) is 0 Å².